The molecule has 7 heteroatoms. The summed E-state index contributed by atoms with van der Waals surface area (Å²) in [7, 11) is 0. The number of amides is 1. The lowest BCUT2D eigenvalue weighted by atomic mass is 10.1. The molecule has 0 aromatic carbocycles. The molecule has 3 heterocycles. The number of carbonyl (C=O) groups is 1. The maximum Gasteiger partial charge on any atom is 0.254 e. The third-order valence-electron chi connectivity index (χ3n) is 3.16. The van der Waals surface area contributed by atoms with Crippen LogP contribution in [-0.4, -0.2) is 27.2 Å². The van der Waals surface area contributed by atoms with Gasteiger partial charge in [0.15, 0.2) is 0 Å². The van der Waals surface area contributed by atoms with Gasteiger partial charge in [-0.15, -0.1) is 0 Å². The number of fused-ring (bicyclic) bond motifs is 1. The summed E-state index contributed by atoms with van der Waals surface area (Å²) in [6.45, 7) is 0.676. The van der Waals surface area contributed by atoms with E-state index < -0.39 is 5.91 Å². The van der Waals surface area contributed by atoms with Crippen LogP contribution in [0.3, 0.4) is 0 Å². The number of primary amides is 1. The number of nitrogens with one attached hydrogen (secondary N) is 1. The molecule has 1 amide bonds. The van der Waals surface area contributed by atoms with E-state index >= 15 is 0 Å². The summed E-state index contributed by atoms with van der Waals surface area (Å²) in [5.41, 5.74) is 6.35. The lowest BCUT2D eigenvalue weighted by molar-refractivity contribution is 0.100. The molecule has 0 bridgehead atoms. The van der Waals surface area contributed by atoms with Crippen LogP contribution in [0.25, 0.3) is 0 Å². The third-order valence-corrected chi connectivity index (χ3v) is 3.16. The molecular formula is C12H12FN5O. The van der Waals surface area contributed by atoms with Gasteiger partial charge < -0.3 is 11.1 Å². The minimum absolute atomic E-state index is 0.120. The Labute approximate surface area is 108 Å². The summed E-state index contributed by atoms with van der Waals surface area (Å²) >= 11 is 0. The number of hydrogen-bond donors (Lipinski definition) is 2. The molecule has 0 aliphatic carbocycles. The zero-order chi connectivity index (χ0) is 13.4. The van der Waals surface area contributed by atoms with Crippen molar-refractivity contribution in [2.75, 3.05) is 11.9 Å². The van der Waals surface area contributed by atoms with Gasteiger partial charge in [0, 0.05) is 6.54 Å². The summed E-state index contributed by atoms with van der Waals surface area (Å²) in [6.07, 6.45) is 3.37. The number of nitrogens with zero attached hydrogens (tertiary/aromatic N) is 3. The van der Waals surface area contributed by atoms with Crippen LogP contribution in [0, 0.1) is 5.82 Å². The average molecular weight is 261 g/mol. The van der Waals surface area contributed by atoms with Crippen LogP contribution in [0.2, 0.25) is 0 Å². The van der Waals surface area contributed by atoms with Crippen molar-refractivity contribution in [3.8, 4) is 0 Å². The number of rotatable bonds is 2. The summed E-state index contributed by atoms with van der Waals surface area (Å²) in [5.74, 6) is -0.312. The molecule has 6 nitrogen and oxygen atoms in total. The lowest BCUT2D eigenvalue weighted by Gasteiger charge is -2.25. The van der Waals surface area contributed by atoms with Gasteiger partial charge in [0.05, 0.1) is 24.1 Å². The smallest absolute Gasteiger partial charge is 0.254 e. The fraction of sp³-hybridized carbons (Fsp3) is 0.250. The zero-order valence-corrected chi connectivity index (χ0v) is 10.0. The molecule has 2 aromatic rings. The van der Waals surface area contributed by atoms with Crippen molar-refractivity contribution in [1.82, 2.24) is 14.8 Å². The fourth-order valence-corrected chi connectivity index (χ4v) is 2.26. The standard InChI is InChI=1S/C12H12FN5O/c13-7-1-2-9(16-5-7)10-3-4-15-12-8(11(14)19)6-17-18(10)12/h1-2,5-6,10,15H,3-4H2,(H2,14,19). The highest BCUT2D eigenvalue weighted by Gasteiger charge is 2.26. The van der Waals surface area contributed by atoms with Gasteiger partial charge >= 0.3 is 0 Å². The fourth-order valence-electron chi connectivity index (χ4n) is 2.26. The molecule has 1 aliphatic heterocycles. The van der Waals surface area contributed by atoms with Crippen LogP contribution in [0.15, 0.2) is 24.5 Å². The minimum atomic E-state index is -0.526. The lowest BCUT2D eigenvalue weighted by Crippen LogP contribution is -2.26. The molecular weight excluding hydrogens is 249 g/mol. The SMILES string of the molecule is NC(=O)c1cnn2c1NCCC2c1ccc(F)cn1. The van der Waals surface area contributed by atoms with Crippen LogP contribution in [0.1, 0.15) is 28.5 Å². The van der Waals surface area contributed by atoms with Crippen LogP contribution in [-0.2, 0) is 0 Å². The number of pyridine rings is 1. The Balaban J connectivity index is 2.03. The van der Waals surface area contributed by atoms with Gasteiger partial charge in [-0.1, -0.05) is 0 Å². The first kappa shape index (κ1) is 11.6. The van der Waals surface area contributed by atoms with Crippen molar-refractivity contribution >= 4 is 11.7 Å². The van der Waals surface area contributed by atoms with Gasteiger partial charge in [0.25, 0.3) is 5.91 Å². The summed E-state index contributed by atoms with van der Waals surface area (Å²) < 4.78 is 14.6. The van der Waals surface area contributed by atoms with Crippen molar-refractivity contribution in [3.05, 3.63) is 41.6 Å². The number of nitrogens with two attached hydrogens (primary N) is 1. The van der Waals surface area contributed by atoms with E-state index in [1.165, 1.54) is 18.5 Å². The second-order valence-corrected chi connectivity index (χ2v) is 4.35. The number of hydrogen-bond acceptors (Lipinski definition) is 4. The van der Waals surface area contributed by atoms with E-state index in [0.717, 1.165) is 6.42 Å². The van der Waals surface area contributed by atoms with Crippen molar-refractivity contribution < 1.29 is 9.18 Å². The van der Waals surface area contributed by atoms with Gasteiger partial charge in [-0.2, -0.15) is 5.10 Å². The molecule has 98 valence electrons. The Morgan fingerprint density at radius 2 is 2.32 bits per heavy atom. The van der Waals surface area contributed by atoms with Crippen LogP contribution < -0.4 is 11.1 Å². The Morgan fingerprint density at radius 3 is 3.00 bits per heavy atom. The average Bonchev–Trinajstić information content (AvgIpc) is 2.83. The van der Waals surface area contributed by atoms with E-state index in [1.54, 1.807) is 10.7 Å². The topological polar surface area (TPSA) is 85.8 Å². The van der Waals surface area contributed by atoms with Crippen LogP contribution in [0.4, 0.5) is 10.2 Å². The highest BCUT2D eigenvalue weighted by atomic mass is 19.1. The molecule has 0 saturated heterocycles. The predicted molar refractivity (Wildman–Crippen MR) is 66.2 cm³/mol. The Bertz CT molecular complexity index is 622. The molecule has 3 rings (SSSR count). The third kappa shape index (κ3) is 1.92. The van der Waals surface area contributed by atoms with E-state index in [1.807, 2.05) is 0 Å². The first-order chi connectivity index (χ1) is 9.16. The number of carbonyl (C=O) groups excluding carboxylic acids is 1. The molecule has 2 aromatic heterocycles. The minimum Gasteiger partial charge on any atom is -0.369 e. The number of halogens is 1. The number of anilines is 1. The monoisotopic (exact) mass is 261 g/mol. The van der Waals surface area contributed by atoms with Gasteiger partial charge in [-0.3, -0.25) is 9.78 Å². The van der Waals surface area contributed by atoms with E-state index in [-0.39, 0.29) is 11.9 Å². The molecule has 0 saturated carbocycles. The van der Waals surface area contributed by atoms with Crippen LogP contribution >= 0.6 is 0 Å². The molecule has 1 atom stereocenters. The van der Waals surface area contributed by atoms with E-state index in [9.17, 15) is 9.18 Å². The first-order valence-corrected chi connectivity index (χ1v) is 5.89. The first-order valence-electron chi connectivity index (χ1n) is 5.89. The van der Waals surface area contributed by atoms with Crippen molar-refractivity contribution in [2.45, 2.75) is 12.5 Å². The maximum atomic E-state index is 12.9. The van der Waals surface area contributed by atoms with Crippen molar-refractivity contribution in [3.63, 3.8) is 0 Å². The van der Waals surface area contributed by atoms with Crippen molar-refractivity contribution in [1.29, 1.82) is 0 Å². The predicted octanol–water partition coefficient (Wildman–Crippen LogP) is 0.921. The molecule has 1 aliphatic rings. The Hall–Kier alpha value is -2.44. The highest BCUT2D eigenvalue weighted by Crippen LogP contribution is 2.30. The van der Waals surface area contributed by atoms with E-state index in [4.69, 9.17) is 5.73 Å². The summed E-state index contributed by atoms with van der Waals surface area (Å²) in [6, 6.07) is 2.87. The van der Waals surface area contributed by atoms with Gasteiger partial charge in [-0.05, 0) is 18.6 Å². The van der Waals surface area contributed by atoms with Crippen molar-refractivity contribution in [2.24, 2.45) is 5.73 Å². The Kier molecular flexibility index (Phi) is 2.66. The molecule has 1 unspecified atom stereocenters. The maximum absolute atomic E-state index is 12.9. The van der Waals surface area contributed by atoms with E-state index in [2.05, 4.69) is 15.4 Å². The summed E-state index contributed by atoms with van der Waals surface area (Å²) in [4.78, 5) is 15.4. The van der Waals surface area contributed by atoms with Gasteiger partial charge in [0.1, 0.15) is 17.2 Å². The van der Waals surface area contributed by atoms with E-state index in [0.29, 0.717) is 23.6 Å². The largest absolute Gasteiger partial charge is 0.369 e. The Morgan fingerprint density at radius 1 is 1.47 bits per heavy atom. The van der Waals surface area contributed by atoms with Crippen LogP contribution in [0.5, 0.6) is 0 Å². The van der Waals surface area contributed by atoms with Gasteiger partial charge in [0.2, 0.25) is 0 Å². The number of aromatic nitrogens is 3. The second kappa shape index (κ2) is 4.34. The molecule has 0 fully saturated rings. The van der Waals surface area contributed by atoms with Gasteiger partial charge in [-0.25, -0.2) is 9.07 Å². The molecule has 0 radical (unpaired) electrons. The quantitative estimate of drug-likeness (QED) is 0.841. The zero-order valence-electron chi connectivity index (χ0n) is 10.0. The molecule has 19 heavy (non-hydrogen) atoms. The normalized spacial score (nSPS) is 17.6. The highest BCUT2D eigenvalue weighted by molar-refractivity contribution is 5.97. The summed E-state index contributed by atoms with van der Waals surface area (Å²) in [5, 5.41) is 7.28. The molecule has 3 N–H and O–H groups in total. The second-order valence-electron chi connectivity index (χ2n) is 4.35. The molecule has 0 spiro atoms.